The standard InChI is InChI=1S/C20H22ClIN2O2/c1-14-3-4-16(21)13-19(14)23-9-11-24(12-10-23)20(25)15(2)26-18-7-5-17(22)6-8-18/h3-8,13,15H,9-12H2,1-2H3/t15-/m1/s1. The lowest BCUT2D eigenvalue weighted by molar-refractivity contribution is -0.138. The quantitative estimate of drug-likeness (QED) is 0.604. The van der Waals surface area contributed by atoms with E-state index in [2.05, 4.69) is 34.4 Å². The van der Waals surface area contributed by atoms with Gasteiger partial charge in [0, 0.05) is 40.5 Å². The summed E-state index contributed by atoms with van der Waals surface area (Å²) in [5.41, 5.74) is 2.34. The predicted octanol–water partition coefficient (Wildman–Crippen LogP) is 4.37. The molecule has 1 saturated heterocycles. The fourth-order valence-corrected chi connectivity index (χ4v) is 3.64. The Hall–Kier alpha value is -1.47. The molecule has 0 bridgehead atoms. The van der Waals surface area contributed by atoms with Gasteiger partial charge in [0.15, 0.2) is 6.10 Å². The first-order valence-electron chi connectivity index (χ1n) is 8.66. The Labute approximate surface area is 173 Å². The maximum absolute atomic E-state index is 12.7. The molecule has 1 aliphatic heterocycles. The monoisotopic (exact) mass is 484 g/mol. The van der Waals surface area contributed by atoms with Gasteiger partial charge in [-0.2, -0.15) is 0 Å². The molecular weight excluding hydrogens is 463 g/mol. The van der Waals surface area contributed by atoms with Crippen LogP contribution in [-0.2, 0) is 4.79 Å². The number of benzene rings is 2. The summed E-state index contributed by atoms with van der Waals surface area (Å²) in [4.78, 5) is 16.9. The molecule has 0 unspecified atom stereocenters. The molecule has 1 aliphatic rings. The van der Waals surface area contributed by atoms with E-state index >= 15 is 0 Å². The van der Waals surface area contributed by atoms with Crippen LogP contribution in [0.15, 0.2) is 42.5 Å². The number of halogens is 2. The summed E-state index contributed by atoms with van der Waals surface area (Å²) in [7, 11) is 0. The molecule has 1 fully saturated rings. The van der Waals surface area contributed by atoms with E-state index in [9.17, 15) is 4.79 Å². The van der Waals surface area contributed by atoms with Crippen molar-refractivity contribution in [1.29, 1.82) is 0 Å². The second kappa shape index (κ2) is 8.48. The summed E-state index contributed by atoms with van der Waals surface area (Å²) in [6, 6.07) is 13.7. The van der Waals surface area contributed by atoms with Crippen molar-refractivity contribution in [2.24, 2.45) is 0 Å². The van der Waals surface area contributed by atoms with E-state index in [0.29, 0.717) is 13.1 Å². The van der Waals surface area contributed by atoms with E-state index in [0.717, 1.165) is 33.1 Å². The van der Waals surface area contributed by atoms with E-state index in [4.69, 9.17) is 16.3 Å². The number of amides is 1. The van der Waals surface area contributed by atoms with Crippen LogP contribution >= 0.6 is 34.2 Å². The van der Waals surface area contributed by atoms with E-state index in [1.165, 1.54) is 5.56 Å². The van der Waals surface area contributed by atoms with Crippen molar-refractivity contribution in [2.45, 2.75) is 20.0 Å². The van der Waals surface area contributed by atoms with Gasteiger partial charge in [-0.25, -0.2) is 0 Å². The van der Waals surface area contributed by atoms with Crippen LogP contribution in [0.2, 0.25) is 5.02 Å². The summed E-state index contributed by atoms with van der Waals surface area (Å²) >= 11 is 8.38. The van der Waals surface area contributed by atoms with E-state index in [1.54, 1.807) is 0 Å². The zero-order valence-corrected chi connectivity index (χ0v) is 17.8. The molecule has 2 aromatic rings. The minimum atomic E-state index is -0.491. The molecule has 2 aromatic carbocycles. The lowest BCUT2D eigenvalue weighted by Gasteiger charge is -2.37. The van der Waals surface area contributed by atoms with Gasteiger partial charge in [0.2, 0.25) is 0 Å². The van der Waals surface area contributed by atoms with E-state index < -0.39 is 6.10 Å². The van der Waals surface area contributed by atoms with Gasteiger partial charge in [0.05, 0.1) is 0 Å². The van der Waals surface area contributed by atoms with Gasteiger partial charge in [-0.05, 0) is 78.4 Å². The van der Waals surface area contributed by atoms with Gasteiger partial charge >= 0.3 is 0 Å². The maximum atomic E-state index is 12.7. The molecule has 0 spiro atoms. The van der Waals surface area contributed by atoms with Crippen molar-refractivity contribution in [3.05, 3.63) is 56.6 Å². The SMILES string of the molecule is Cc1ccc(Cl)cc1N1CCN(C(=O)[C@@H](C)Oc2ccc(I)cc2)CC1. The number of anilines is 1. The van der Waals surface area contributed by atoms with Gasteiger partial charge in [0.1, 0.15) is 5.75 Å². The van der Waals surface area contributed by atoms with Gasteiger partial charge in [-0.1, -0.05) is 17.7 Å². The molecule has 6 heteroatoms. The lowest BCUT2D eigenvalue weighted by Crippen LogP contribution is -2.52. The Bertz CT molecular complexity index is 774. The fraction of sp³-hybridized carbons (Fsp3) is 0.350. The average molecular weight is 485 g/mol. The third-order valence-corrected chi connectivity index (χ3v) is 5.53. The molecule has 0 aliphatic carbocycles. The average Bonchev–Trinajstić information content (AvgIpc) is 2.65. The van der Waals surface area contributed by atoms with E-state index in [1.807, 2.05) is 54.3 Å². The molecule has 0 saturated carbocycles. The van der Waals surface area contributed by atoms with Crippen LogP contribution in [0.25, 0.3) is 0 Å². The number of ether oxygens (including phenoxy) is 1. The van der Waals surface area contributed by atoms with Crippen LogP contribution < -0.4 is 9.64 Å². The summed E-state index contributed by atoms with van der Waals surface area (Å²) in [6.07, 6.45) is -0.491. The second-order valence-electron chi connectivity index (χ2n) is 6.46. The highest BCUT2D eigenvalue weighted by Gasteiger charge is 2.26. The number of hydrogen-bond donors (Lipinski definition) is 0. The predicted molar refractivity (Wildman–Crippen MR) is 114 cm³/mol. The molecule has 1 heterocycles. The third kappa shape index (κ3) is 4.62. The molecule has 3 rings (SSSR count). The Balaban J connectivity index is 1.57. The maximum Gasteiger partial charge on any atom is 0.263 e. The first-order valence-corrected chi connectivity index (χ1v) is 10.1. The zero-order chi connectivity index (χ0) is 18.7. The molecule has 1 amide bonds. The second-order valence-corrected chi connectivity index (χ2v) is 8.14. The zero-order valence-electron chi connectivity index (χ0n) is 14.9. The number of carbonyl (C=O) groups is 1. The molecule has 0 aromatic heterocycles. The van der Waals surface area contributed by atoms with Gasteiger partial charge in [0.25, 0.3) is 5.91 Å². The van der Waals surface area contributed by atoms with Crippen LogP contribution in [0.5, 0.6) is 5.75 Å². The minimum Gasteiger partial charge on any atom is -0.481 e. The van der Waals surface area contributed by atoms with Crippen molar-refractivity contribution in [2.75, 3.05) is 31.1 Å². The lowest BCUT2D eigenvalue weighted by atomic mass is 10.1. The molecule has 26 heavy (non-hydrogen) atoms. The normalized spacial score (nSPS) is 15.7. The summed E-state index contributed by atoms with van der Waals surface area (Å²) in [6.45, 7) is 6.86. The highest BCUT2D eigenvalue weighted by Crippen LogP contribution is 2.25. The molecule has 4 nitrogen and oxygen atoms in total. The van der Waals surface area contributed by atoms with Crippen LogP contribution in [0.3, 0.4) is 0 Å². The van der Waals surface area contributed by atoms with Crippen LogP contribution in [0.4, 0.5) is 5.69 Å². The summed E-state index contributed by atoms with van der Waals surface area (Å²) < 4.78 is 6.95. The Morgan fingerprint density at radius 3 is 2.42 bits per heavy atom. The van der Waals surface area contributed by atoms with Gasteiger partial charge in [-0.3, -0.25) is 4.79 Å². The number of aryl methyl sites for hydroxylation is 1. The smallest absolute Gasteiger partial charge is 0.263 e. The summed E-state index contributed by atoms with van der Waals surface area (Å²) in [5.74, 6) is 0.755. The molecular formula is C20H22ClIN2O2. The molecule has 1 atom stereocenters. The van der Waals surface area contributed by atoms with Crippen LogP contribution in [0, 0.1) is 10.5 Å². The van der Waals surface area contributed by atoms with Crippen LogP contribution in [0.1, 0.15) is 12.5 Å². The fourth-order valence-electron chi connectivity index (χ4n) is 3.12. The Morgan fingerprint density at radius 2 is 1.77 bits per heavy atom. The number of piperazine rings is 1. The van der Waals surface area contributed by atoms with Crippen LogP contribution in [-0.4, -0.2) is 43.1 Å². The minimum absolute atomic E-state index is 0.0333. The topological polar surface area (TPSA) is 32.8 Å². The largest absolute Gasteiger partial charge is 0.481 e. The number of hydrogen-bond acceptors (Lipinski definition) is 3. The van der Waals surface area contributed by atoms with Gasteiger partial charge < -0.3 is 14.5 Å². The summed E-state index contributed by atoms with van der Waals surface area (Å²) in [5, 5.41) is 0.739. The Kier molecular flexibility index (Phi) is 6.29. The van der Waals surface area contributed by atoms with Crippen molar-refractivity contribution in [3.63, 3.8) is 0 Å². The number of carbonyl (C=O) groups excluding carboxylic acids is 1. The van der Waals surface area contributed by atoms with E-state index in [-0.39, 0.29) is 5.91 Å². The highest BCUT2D eigenvalue weighted by molar-refractivity contribution is 14.1. The van der Waals surface area contributed by atoms with Gasteiger partial charge in [-0.15, -0.1) is 0 Å². The molecule has 138 valence electrons. The first kappa shape index (κ1) is 19.3. The number of rotatable bonds is 4. The molecule has 0 radical (unpaired) electrons. The van der Waals surface area contributed by atoms with Crippen molar-refractivity contribution >= 4 is 45.8 Å². The number of nitrogens with zero attached hydrogens (tertiary/aromatic N) is 2. The first-order chi connectivity index (χ1) is 12.4. The molecule has 0 N–H and O–H groups in total. The highest BCUT2D eigenvalue weighted by atomic mass is 127. The third-order valence-electron chi connectivity index (χ3n) is 4.58. The van der Waals surface area contributed by atoms with Crippen molar-refractivity contribution in [1.82, 2.24) is 4.90 Å². The van der Waals surface area contributed by atoms with Crippen molar-refractivity contribution < 1.29 is 9.53 Å². The van der Waals surface area contributed by atoms with Crippen molar-refractivity contribution in [3.8, 4) is 5.75 Å². The Morgan fingerprint density at radius 1 is 1.12 bits per heavy atom.